The fourth-order valence-corrected chi connectivity index (χ4v) is 3.83. The third-order valence-electron chi connectivity index (χ3n) is 4.86. The first-order valence-electron chi connectivity index (χ1n) is 9.06. The van der Waals surface area contributed by atoms with Gasteiger partial charge in [0.2, 0.25) is 0 Å². The van der Waals surface area contributed by atoms with Crippen molar-refractivity contribution in [3.8, 4) is 0 Å². The smallest absolute Gasteiger partial charge is 0.378 e. The Balaban J connectivity index is 1.66. The van der Waals surface area contributed by atoms with Gasteiger partial charge in [-0.05, 0) is 36.4 Å². The van der Waals surface area contributed by atoms with Crippen LogP contribution in [0, 0.1) is 0 Å². The number of anilines is 2. The van der Waals surface area contributed by atoms with E-state index in [4.69, 9.17) is 27.9 Å². The molecule has 1 fully saturated rings. The van der Waals surface area contributed by atoms with Crippen molar-refractivity contribution in [2.24, 2.45) is 0 Å². The number of halogens is 5. The predicted molar refractivity (Wildman–Crippen MR) is 111 cm³/mol. The molecule has 1 aliphatic rings. The first kappa shape index (κ1) is 20.8. The normalized spacial score (nSPS) is 14.9. The fraction of sp³-hybridized carbons (Fsp3) is 0.250. The SMILES string of the molecule is O=C(Nc1ccc(N2CCOCC2)cc1C(F)(F)F)c1[nH]c2ccc(Cl)cc2c1Cl. The van der Waals surface area contributed by atoms with Crippen molar-refractivity contribution < 1.29 is 22.7 Å². The van der Waals surface area contributed by atoms with Crippen molar-refractivity contribution in [3.05, 3.63) is 57.7 Å². The van der Waals surface area contributed by atoms with E-state index in [0.717, 1.165) is 6.07 Å². The molecule has 10 heteroatoms. The molecule has 0 atom stereocenters. The third kappa shape index (κ3) is 4.08. The highest BCUT2D eigenvalue weighted by molar-refractivity contribution is 6.40. The molecule has 0 spiro atoms. The van der Waals surface area contributed by atoms with Crippen LogP contribution in [0.25, 0.3) is 10.9 Å². The molecule has 0 radical (unpaired) electrons. The largest absolute Gasteiger partial charge is 0.418 e. The van der Waals surface area contributed by atoms with E-state index >= 15 is 0 Å². The van der Waals surface area contributed by atoms with Gasteiger partial charge in [0.25, 0.3) is 5.91 Å². The summed E-state index contributed by atoms with van der Waals surface area (Å²) in [5, 5.41) is 3.35. The second-order valence-electron chi connectivity index (χ2n) is 6.79. The van der Waals surface area contributed by atoms with Gasteiger partial charge < -0.3 is 19.9 Å². The first-order valence-corrected chi connectivity index (χ1v) is 9.81. The number of morpholine rings is 1. The highest BCUT2D eigenvalue weighted by Crippen LogP contribution is 2.38. The Kier molecular flexibility index (Phi) is 5.57. The average molecular weight is 458 g/mol. The van der Waals surface area contributed by atoms with Crippen LogP contribution in [0.4, 0.5) is 24.5 Å². The summed E-state index contributed by atoms with van der Waals surface area (Å²) in [7, 11) is 0. The lowest BCUT2D eigenvalue weighted by molar-refractivity contribution is -0.136. The maximum absolute atomic E-state index is 13.7. The van der Waals surface area contributed by atoms with E-state index in [1.54, 1.807) is 24.3 Å². The topological polar surface area (TPSA) is 57.4 Å². The molecular weight excluding hydrogens is 442 g/mol. The van der Waals surface area contributed by atoms with Gasteiger partial charge in [-0.15, -0.1) is 0 Å². The summed E-state index contributed by atoms with van der Waals surface area (Å²) in [6.45, 7) is 1.89. The number of fused-ring (bicyclic) bond motifs is 1. The van der Waals surface area contributed by atoms with Crippen molar-refractivity contribution in [2.75, 3.05) is 36.5 Å². The van der Waals surface area contributed by atoms with Gasteiger partial charge in [0.15, 0.2) is 0 Å². The Morgan fingerprint density at radius 2 is 1.83 bits per heavy atom. The number of nitrogens with zero attached hydrogens (tertiary/aromatic N) is 1. The van der Waals surface area contributed by atoms with Gasteiger partial charge in [-0.25, -0.2) is 0 Å². The average Bonchev–Trinajstić information content (AvgIpc) is 3.04. The number of ether oxygens (including phenoxy) is 1. The molecule has 1 amide bonds. The zero-order chi connectivity index (χ0) is 21.5. The van der Waals surface area contributed by atoms with E-state index in [1.165, 1.54) is 6.07 Å². The van der Waals surface area contributed by atoms with Crippen LogP contribution in [0.2, 0.25) is 10.0 Å². The van der Waals surface area contributed by atoms with E-state index in [1.807, 2.05) is 4.90 Å². The summed E-state index contributed by atoms with van der Waals surface area (Å²) in [6.07, 6.45) is -4.65. The predicted octanol–water partition coefficient (Wildman–Crippen LogP) is 5.58. The van der Waals surface area contributed by atoms with Gasteiger partial charge in [0, 0.05) is 34.7 Å². The summed E-state index contributed by atoms with van der Waals surface area (Å²) < 4.78 is 46.3. The van der Waals surface area contributed by atoms with Crippen molar-refractivity contribution in [1.29, 1.82) is 0 Å². The quantitative estimate of drug-likeness (QED) is 0.539. The molecule has 0 unspecified atom stereocenters. The van der Waals surface area contributed by atoms with E-state index < -0.39 is 17.6 Å². The molecule has 1 saturated heterocycles. The Hall–Kier alpha value is -2.42. The number of aromatic nitrogens is 1. The number of alkyl halides is 3. The van der Waals surface area contributed by atoms with E-state index in [-0.39, 0.29) is 16.4 Å². The monoisotopic (exact) mass is 457 g/mol. The summed E-state index contributed by atoms with van der Waals surface area (Å²) in [6, 6.07) is 8.66. The minimum atomic E-state index is -4.65. The van der Waals surface area contributed by atoms with Crippen LogP contribution in [0.15, 0.2) is 36.4 Å². The minimum Gasteiger partial charge on any atom is -0.378 e. The van der Waals surface area contributed by atoms with Gasteiger partial charge >= 0.3 is 6.18 Å². The van der Waals surface area contributed by atoms with Gasteiger partial charge in [-0.2, -0.15) is 13.2 Å². The molecule has 4 rings (SSSR count). The molecule has 0 aliphatic carbocycles. The standard InChI is InChI=1S/C20H16Cl2F3N3O2/c21-11-1-3-15-13(9-11)17(22)18(26-15)19(29)27-16-4-2-12(10-14(16)20(23,24)25)28-5-7-30-8-6-28/h1-4,9-10,26H,5-8H2,(H,27,29). The van der Waals surface area contributed by atoms with Crippen LogP contribution < -0.4 is 10.2 Å². The Morgan fingerprint density at radius 3 is 2.53 bits per heavy atom. The minimum absolute atomic E-state index is 0.0423. The first-order chi connectivity index (χ1) is 14.2. The van der Waals surface area contributed by atoms with Gasteiger partial charge in [0.1, 0.15) is 5.69 Å². The van der Waals surface area contributed by atoms with Crippen LogP contribution in [0.3, 0.4) is 0 Å². The Morgan fingerprint density at radius 1 is 1.10 bits per heavy atom. The number of carbonyl (C=O) groups excluding carboxylic acids is 1. The molecule has 2 heterocycles. The summed E-state index contributed by atoms with van der Waals surface area (Å²) in [5.41, 5.74) is -0.359. The van der Waals surface area contributed by atoms with Crippen molar-refractivity contribution in [3.63, 3.8) is 0 Å². The number of rotatable bonds is 3. The van der Waals surface area contributed by atoms with Crippen molar-refractivity contribution in [2.45, 2.75) is 6.18 Å². The lowest BCUT2D eigenvalue weighted by Gasteiger charge is -2.29. The highest BCUT2D eigenvalue weighted by atomic mass is 35.5. The van der Waals surface area contributed by atoms with Crippen LogP contribution in [0.1, 0.15) is 16.1 Å². The molecule has 2 aromatic carbocycles. The fourth-order valence-electron chi connectivity index (χ4n) is 3.37. The molecule has 5 nitrogen and oxygen atoms in total. The molecule has 2 N–H and O–H groups in total. The van der Waals surface area contributed by atoms with Gasteiger partial charge in [-0.1, -0.05) is 23.2 Å². The molecule has 3 aromatic rings. The molecule has 0 saturated carbocycles. The number of benzene rings is 2. The number of amides is 1. The zero-order valence-electron chi connectivity index (χ0n) is 15.4. The second kappa shape index (κ2) is 8.02. The number of nitrogens with one attached hydrogen (secondary N) is 2. The van der Waals surface area contributed by atoms with E-state index in [0.29, 0.717) is 47.9 Å². The van der Waals surface area contributed by atoms with Crippen molar-refractivity contribution in [1.82, 2.24) is 4.98 Å². The molecule has 1 aromatic heterocycles. The number of carbonyl (C=O) groups is 1. The van der Waals surface area contributed by atoms with Crippen LogP contribution in [-0.2, 0) is 10.9 Å². The van der Waals surface area contributed by atoms with Crippen molar-refractivity contribution >= 4 is 51.4 Å². The summed E-state index contributed by atoms with van der Waals surface area (Å²) >= 11 is 12.2. The number of aromatic amines is 1. The summed E-state index contributed by atoms with van der Waals surface area (Å²) in [5.74, 6) is -0.781. The van der Waals surface area contributed by atoms with E-state index in [2.05, 4.69) is 10.3 Å². The zero-order valence-corrected chi connectivity index (χ0v) is 17.0. The third-order valence-corrected chi connectivity index (χ3v) is 5.48. The molecule has 30 heavy (non-hydrogen) atoms. The number of H-pyrrole nitrogens is 1. The van der Waals surface area contributed by atoms with E-state index in [9.17, 15) is 18.0 Å². The number of hydrogen-bond acceptors (Lipinski definition) is 3. The Labute approximate surface area is 179 Å². The lowest BCUT2D eigenvalue weighted by atomic mass is 10.1. The molecule has 158 valence electrons. The molecular formula is C20H16Cl2F3N3O2. The lowest BCUT2D eigenvalue weighted by Crippen LogP contribution is -2.36. The van der Waals surface area contributed by atoms with Crippen LogP contribution in [0.5, 0.6) is 0 Å². The maximum Gasteiger partial charge on any atom is 0.418 e. The van der Waals surface area contributed by atoms with Gasteiger partial charge in [0.05, 0.1) is 29.5 Å². The second-order valence-corrected chi connectivity index (χ2v) is 7.60. The van der Waals surface area contributed by atoms with Gasteiger partial charge in [-0.3, -0.25) is 4.79 Å². The Bertz CT molecular complexity index is 1110. The van der Waals surface area contributed by atoms with Crippen LogP contribution >= 0.6 is 23.2 Å². The number of hydrogen-bond donors (Lipinski definition) is 2. The highest BCUT2D eigenvalue weighted by Gasteiger charge is 2.35. The molecule has 1 aliphatic heterocycles. The van der Waals surface area contributed by atoms with Crippen LogP contribution in [-0.4, -0.2) is 37.2 Å². The maximum atomic E-state index is 13.7. The summed E-state index contributed by atoms with van der Waals surface area (Å²) in [4.78, 5) is 17.3. The molecule has 0 bridgehead atoms.